The number of ether oxygens (including phenoxy) is 1. The molecule has 0 aliphatic heterocycles. The Labute approximate surface area is 124 Å². The van der Waals surface area contributed by atoms with Crippen LogP contribution in [0, 0.1) is 0 Å². The molecule has 0 saturated heterocycles. The van der Waals surface area contributed by atoms with Gasteiger partial charge in [0.25, 0.3) is 0 Å². The summed E-state index contributed by atoms with van der Waals surface area (Å²) in [5, 5.41) is 9.21. The molecule has 4 nitrogen and oxygen atoms in total. The fraction of sp³-hybridized carbons (Fsp3) is 0.235. The number of benzene rings is 2. The Hall–Kier alpha value is -2.33. The van der Waals surface area contributed by atoms with Gasteiger partial charge in [0, 0.05) is 18.7 Å². The Morgan fingerprint density at radius 1 is 1.05 bits per heavy atom. The van der Waals surface area contributed by atoms with Gasteiger partial charge in [0.1, 0.15) is 5.75 Å². The average Bonchev–Trinajstić information content (AvgIpc) is 2.48. The highest BCUT2D eigenvalue weighted by Gasteiger charge is 2.12. The average molecular weight is 285 g/mol. The van der Waals surface area contributed by atoms with Crippen molar-refractivity contribution >= 4 is 5.97 Å². The van der Waals surface area contributed by atoms with Gasteiger partial charge >= 0.3 is 5.97 Å². The minimum atomic E-state index is -0.892. The second-order valence-electron chi connectivity index (χ2n) is 4.95. The fourth-order valence-corrected chi connectivity index (χ4v) is 2.34. The van der Waals surface area contributed by atoms with Gasteiger partial charge in [0.2, 0.25) is 0 Å². The Morgan fingerprint density at radius 2 is 1.62 bits per heavy atom. The number of nitrogens with zero attached hydrogens (tertiary/aromatic N) is 1. The number of hydrogen-bond acceptors (Lipinski definition) is 3. The number of aromatic carboxylic acids is 1. The lowest BCUT2D eigenvalue weighted by molar-refractivity contribution is 0.0694. The molecule has 110 valence electrons. The second kappa shape index (κ2) is 6.90. The second-order valence-corrected chi connectivity index (χ2v) is 4.95. The standard InChI is InChI=1S/C17H19NO3/c1-18(12-14-8-4-6-10-16(14)21-2)11-13-7-3-5-9-15(13)17(19)20/h3-10H,11-12H2,1-2H3,(H,19,20). The van der Waals surface area contributed by atoms with Gasteiger partial charge < -0.3 is 9.84 Å². The zero-order chi connectivity index (χ0) is 15.2. The van der Waals surface area contributed by atoms with Gasteiger partial charge in [-0.3, -0.25) is 4.90 Å². The maximum Gasteiger partial charge on any atom is 0.336 e. The zero-order valence-corrected chi connectivity index (χ0v) is 12.2. The highest BCUT2D eigenvalue weighted by molar-refractivity contribution is 5.89. The molecule has 2 rings (SSSR count). The van der Waals surface area contributed by atoms with Crippen LogP contribution in [0.1, 0.15) is 21.5 Å². The molecule has 0 radical (unpaired) electrons. The molecule has 2 aromatic carbocycles. The van der Waals surface area contributed by atoms with Gasteiger partial charge in [0.15, 0.2) is 0 Å². The summed E-state index contributed by atoms with van der Waals surface area (Å²) in [4.78, 5) is 13.3. The molecular weight excluding hydrogens is 266 g/mol. The molecule has 0 aliphatic carbocycles. The van der Waals surface area contributed by atoms with E-state index >= 15 is 0 Å². The largest absolute Gasteiger partial charge is 0.496 e. The molecule has 0 amide bonds. The van der Waals surface area contributed by atoms with Gasteiger partial charge in [-0.05, 0) is 24.7 Å². The Kier molecular flexibility index (Phi) is 4.95. The molecule has 0 spiro atoms. The lowest BCUT2D eigenvalue weighted by Crippen LogP contribution is -2.19. The molecule has 4 heteroatoms. The molecular formula is C17H19NO3. The van der Waals surface area contributed by atoms with Crippen molar-refractivity contribution in [2.75, 3.05) is 14.2 Å². The predicted octanol–water partition coefficient (Wildman–Crippen LogP) is 3.03. The zero-order valence-electron chi connectivity index (χ0n) is 12.2. The van der Waals surface area contributed by atoms with Crippen LogP contribution in [0.25, 0.3) is 0 Å². The van der Waals surface area contributed by atoms with Crippen LogP contribution >= 0.6 is 0 Å². The number of hydrogen-bond donors (Lipinski definition) is 1. The third kappa shape index (κ3) is 3.83. The first-order valence-electron chi connectivity index (χ1n) is 6.73. The smallest absolute Gasteiger partial charge is 0.336 e. The number of para-hydroxylation sites is 1. The van der Waals surface area contributed by atoms with Crippen molar-refractivity contribution in [2.45, 2.75) is 13.1 Å². The van der Waals surface area contributed by atoms with Crippen LogP contribution in [0.15, 0.2) is 48.5 Å². The van der Waals surface area contributed by atoms with Gasteiger partial charge in [-0.15, -0.1) is 0 Å². The maximum atomic E-state index is 11.2. The van der Waals surface area contributed by atoms with Crippen LogP contribution in [0.4, 0.5) is 0 Å². The molecule has 21 heavy (non-hydrogen) atoms. The first kappa shape index (κ1) is 15.1. The number of carboxylic acids is 1. The highest BCUT2D eigenvalue weighted by Crippen LogP contribution is 2.20. The molecule has 1 N–H and O–H groups in total. The number of methoxy groups -OCH3 is 1. The van der Waals surface area contributed by atoms with E-state index in [2.05, 4.69) is 4.90 Å². The topological polar surface area (TPSA) is 49.8 Å². The maximum absolute atomic E-state index is 11.2. The van der Waals surface area contributed by atoms with Crippen molar-refractivity contribution in [3.63, 3.8) is 0 Å². The van der Waals surface area contributed by atoms with Crippen molar-refractivity contribution in [3.8, 4) is 5.75 Å². The molecule has 0 fully saturated rings. The summed E-state index contributed by atoms with van der Waals surface area (Å²) >= 11 is 0. The van der Waals surface area contributed by atoms with Crippen LogP contribution in [-0.4, -0.2) is 30.1 Å². The van der Waals surface area contributed by atoms with Gasteiger partial charge in [-0.2, -0.15) is 0 Å². The molecule has 0 saturated carbocycles. The first-order chi connectivity index (χ1) is 10.1. The lowest BCUT2D eigenvalue weighted by Gasteiger charge is -2.19. The van der Waals surface area contributed by atoms with Gasteiger partial charge in [-0.25, -0.2) is 4.79 Å². The summed E-state index contributed by atoms with van der Waals surface area (Å²) < 4.78 is 5.34. The quantitative estimate of drug-likeness (QED) is 0.886. The summed E-state index contributed by atoms with van der Waals surface area (Å²) in [5.74, 6) is -0.0489. The van der Waals surface area contributed by atoms with Gasteiger partial charge in [-0.1, -0.05) is 36.4 Å². The van der Waals surface area contributed by atoms with E-state index in [1.165, 1.54) is 0 Å². The summed E-state index contributed by atoms with van der Waals surface area (Å²) in [5.41, 5.74) is 2.24. The van der Waals surface area contributed by atoms with E-state index in [0.29, 0.717) is 18.7 Å². The molecule has 0 atom stereocenters. The lowest BCUT2D eigenvalue weighted by atomic mass is 10.1. The first-order valence-corrected chi connectivity index (χ1v) is 6.73. The van der Waals surface area contributed by atoms with E-state index in [4.69, 9.17) is 4.74 Å². The van der Waals surface area contributed by atoms with E-state index in [1.807, 2.05) is 43.4 Å². The van der Waals surface area contributed by atoms with Crippen LogP contribution in [0.2, 0.25) is 0 Å². The third-order valence-corrected chi connectivity index (χ3v) is 3.32. The molecule has 0 aromatic heterocycles. The summed E-state index contributed by atoms with van der Waals surface area (Å²) in [6, 6.07) is 14.9. The summed E-state index contributed by atoms with van der Waals surface area (Å²) in [6.45, 7) is 1.26. The Balaban J connectivity index is 2.12. The van der Waals surface area contributed by atoms with E-state index < -0.39 is 5.97 Å². The number of carbonyl (C=O) groups is 1. The summed E-state index contributed by atoms with van der Waals surface area (Å²) in [7, 11) is 3.61. The molecule has 2 aromatic rings. The molecule has 0 heterocycles. The number of rotatable bonds is 6. The molecule has 0 unspecified atom stereocenters. The Morgan fingerprint density at radius 3 is 2.29 bits per heavy atom. The van der Waals surface area contributed by atoms with Crippen molar-refractivity contribution < 1.29 is 14.6 Å². The van der Waals surface area contributed by atoms with Crippen molar-refractivity contribution in [1.29, 1.82) is 0 Å². The summed E-state index contributed by atoms with van der Waals surface area (Å²) in [6.07, 6.45) is 0. The van der Waals surface area contributed by atoms with E-state index in [9.17, 15) is 9.90 Å². The van der Waals surface area contributed by atoms with Crippen LogP contribution in [0.3, 0.4) is 0 Å². The van der Waals surface area contributed by atoms with E-state index in [0.717, 1.165) is 16.9 Å². The monoisotopic (exact) mass is 285 g/mol. The molecule has 0 aliphatic rings. The van der Waals surface area contributed by atoms with Crippen LogP contribution < -0.4 is 4.74 Å². The minimum Gasteiger partial charge on any atom is -0.496 e. The van der Waals surface area contributed by atoms with Crippen LogP contribution in [0.5, 0.6) is 5.75 Å². The van der Waals surface area contributed by atoms with E-state index in [1.54, 1.807) is 19.2 Å². The van der Waals surface area contributed by atoms with Crippen molar-refractivity contribution in [1.82, 2.24) is 4.90 Å². The highest BCUT2D eigenvalue weighted by atomic mass is 16.5. The SMILES string of the molecule is COc1ccccc1CN(C)Cc1ccccc1C(=O)O. The van der Waals surface area contributed by atoms with Crippen LogP contribution in [-0.2, 0) is 13.1 Å². The molecule has 0 bridgehead atoms. The predicted molar refractivity (Wildman–Crippen MR) is 81.6 cm³/mol. The normalized spacial score (nSPS) is 10.6. The van der Waals surface area contributed by atoms with E-state index in [-0.39, 0.29) is 0 Å². The Bertz CT molecular complexity index is 625. The van der Waals surface area contributed by atoms with Crippen molar-refractivity contribution in [3.05, 3.63) is 65.2 Å². The number of carboxylic acid groups (broad SMARTS) is 1. The van der Waals surface area contributed by atoms with Gasteiger partial charge in [0.05, 0.1) is 12.7 Å². The fourth-order valence-electron chi connectivity index (χ4n) is 2.34. The van der Waals surface area contributed by atoms with Crippen molar-refractivity contribution in [2.24, 2.45) is 0 Å². The minimum absolute atomic E-state index is 0.351. The third-order valence-electron chi connectivity index (χ3n) is 3.32.